The molecule has 0 saturated carbocycles. The Morgan fingerprint density at radius 3 is 2.95 bits per heavy atom. The lowest BCUT2D eigenvalue weighted by Gasteiger charge is -2.23. The fraction of sp³-hybridized carbons (Fsp3) is 0.400. The number of aliphatic carboxylic acids is 1. The molecule has 0 spiro atoms. The van der Waals surface area contributed by atoms with Gasteiger partial charge in [-0.2, -0.15) is 5.10 Å². The normalized spacial score (nSPS) is 22.4. The summed E-state index contributed by atoms with van der Waals surface area (Å²) >= 11 is 0. The number of fused-ring (bicyclic) bond motifs is 1. The number of hydrogen-bond donors (Lipinski definition) is 1. The van der Waals surface area contributed by atoms with Crippen LogP contribution in [0.25, 0.3) is 10.8 Å². The molecule has 20 heavy (non-hydrogen) atoms. The van der Waals surface area contributed by atoms with Gasteiger partial charge in [-0.05, 0) is 12.8 Å². The summed E-state index contributed by atoms with van der Waals surface area (Å²) in [6.07, 6.45) is 3.03. The second-order valence-electron chi connectivity index (χ2n) is 5.37. The number of anilines is 1. The first-order chi connectivity index (χ1) is 9.66. The molecule has 2 aromatic rings. The highest BCUT2D eigenvalue weighted by molar-refractivity contribution is 5.91. The molecule has 1 saturated heterocycles. The van der Waals surface area contributed by atoms with E-state index in [0.29, 0.717) is 25.9 Å². The second-order valence-corrected chi connectivity index (χ2v) is 5.37. The molecule has 0 aliphatic carbocycles. The van der Waals surface area contributed by atoms with E-state index in [1.165, 1.54) is 0 Å². The summed E-state index contributed by atoms with van der Waals surface area (Å²) in [6, 6.07) is 7.93. The highest BCUT2D eigenvalue weighted by Crippen LogP contribution is 2.37. The molecule has 1 aliphatic rings. The average Bonchev–Trinajstić information content (AvgIpc) is 2.92. The fourth-order valence-electron chi connectivity index (χ4n) is 2.91. The molecule has 0 radical (unpaired) electrons. The molecule has 1 aromatic carbocycles. The Labute approximate surface area is 117 Å². The quantitative estimate of drug-likeness (QED) is 0.928. The third kappa shape index (κ3) is 1.90. The lowest BCUT2D eigenvalue weighted by atomic mass is 9.84. The molecule has 1 unspecified atom stereocenters. The van der Waals surface area contributed by atoms with Gasteiger partial charge in [-0.25, -0.2) is 0 Å². The summed E-state index contributed by atoms with van der Waals surface area (Å²) in [7, 11) is 0. The third-order valence-electron chi connectivity index (χ3n) is 4.33. The molecule has 2 heterocycles. The molecule has 5 nitrogen and oxygen atoms in total. The molecular formula is C15H17N3O2. The Bertz CT molecular complexity index is 653. The van der Waals surface area contributed by atoms with Gasteiger partial charge in [-0.3, -0.25) is 4.79 Å². The number of benzene rings is 1. The van der Waals surface area contributed by atoms with E-state index < -0.39 is 11.4 Å². The zero-order chi connectivity index (χ0) is 14.2. The number of aromatic nitrogens is 2. The number of nitrogens with zero attached hydrogens (tertiary/aromatic N) is 3. The van der Waals surface area contributed by atoms with Crippen molar-refractivity contribution < 1.29 is 9.90 Å². The maximum absolute atomic E-state index is 11.5. The molecule has 0 amide bonds. The van der Waals surface area contributed by atoms with E-state index in [1.807, 2.05) is 36.1 Å². The number of rotatable bonds is 3. The Kier molecular flexibility index (Phi) is 3.04. The molecule has 104 valence electrons. The van der Waals surface area contributed by atoms with Gasteiger partial charge in [0.05, 0.1) is 11.6 Å². The van der Waals surface area contributed by atoms with Gasteiger partial charge in [0.2, 0.25) is 0 Å². The summed E-state index contributed by atoms with van der Waals surface area (Å²) in [5.74, 6) is 0.0790. The van der Waals surface area contributed by atoms with Crippen molar-refractivity contribution in [3.63, 3.8) is 0 Å². The van der Waals surface area contributed by atoms with Gasteiger partial charge in [0, 0.05) is 23.9 Å². The van der Waals surface area contributed by atoms with Crippen molar-refractivity contribution in [2.45, 2.75) is 19.8 Å². The summed E-state index contributed by atoms with van der Waals surface area (Å²) < 4.78 is 0. The molecular weight excluding hydrogens is 254 g/mol. The minimum Gasteiger partial charge on any atom is -0.481 e. The van der Waals surface area contributed by atoms with E-state index >= 15 is 0 Å². The molecule has 3 rings (SSSR count). The minimum atomic E-state index is -0.712. The molecule has 1 atom stereocenters. The summed E-state index contributed by atoms with van der Waals surface area (Å²) in [5, 5.41) is 19.8. The molecule has 1 aromatic heterocycles. The van der Waals surface area contributed by atoms with Crippen molar-refractivity contribution in [2.24, 2.45) is 5.41 Å². The van der Waals surface area contributed by atoms with Gasteiger partial charge in [0.25, 0.3) is 0 Å². The van der Waals surface area contributed by atoms with Gasteiger partial charge >= 0.3 is 5.97 Å². The molecule has 1 N–H and O–H groups in total. The van der Waals surface area contributed by atoms with Gasteiger partial charge in [-0.1, -0.05) is 31.2 Å². The largest absolute Gasteiger partial charge is 0.481 e. The lowest BCUT2D eigenvalue weighted by Crippen LogP contribution is -2.34. The Balaban J connectivity index is 2.00. The average molecular weight is 271 g/mol. The first kappa shape index (κ1) is 12.8. The van der Waals surface area contributed by atoms with Gasteiger partial charge in [0.1, 0.15) is 0 Å². The van der Waals surface area contributed by atoms with Crippen LogP contribution in [0.4, 0.5) is 5.82 Å². The van der Waals surface area contributed by atoms with Crippen molar-refractivity contribution in [3.8, 4) is 0 Å². The second kappa shape index (κ2) is 4.74. The Morgan fingerprint density at radius 1 is 1.45 bits per heavy atom. The van der Waals surface area contributed by atoms with Crippen LogP contribution in [0.5, 0.6) is 0 Å². The fourth-order valence-corrected chi connectivity index (χ4v) is 2.91. The Morgan fingerprint density at radius 2 is 2.25 bits per heavy atom. The Hall–Kier alpha value is -2.17. The van der Waals surface area contributed by atoms with Crippen molar-refractivity contribution >= 4 is 22.6 Å². The molecule has 0 bridgehead atoms. The van der Waals surface area contributed by atoms with Crippen molar-refractivity contribution in [1.29, 1.82) is 0 Å². The number of hydrogen-bond acceptors (Lipinski definition) is 4. The van der Waals surface area contributed by atoms with Gasteiger partial charge < -0.3 is 10.0 Å². The first-order valence-corrected chi connectivity index (χ1v) is 6.85. The van der Waals surface area contributed by atoms with Crippen LogP contribution in [-0.4, -0.2) is 34.4 Å². The predicted molar refractivity (Wildman–Crippen MR) is 76.7 cm³/mol. The van der Waals surface area contributed by atoms with E-state index in [0.717, 1.165) is 16.6 Å². The molecule has 1 aliphatic heterocycles. The van der Waals surface area contributed by atoms with Crippen LogP contribution in [0.1, 0.15) is 19.8 Å². The molecule has 1 fully saturated rings. The topological polar surface area (TPSA) is 66.3 Å². The highest BCUT2D eigenvalue weighted by atomic mass is 16.4. The monoisotopic (exact) mass is 271 g/mol. The zero-order valence-electron chi connectivity index (χ0n) is 11.4. The van der Waals surface area contributed by atoms with E-state index in [4.69, 9.17) is 0 Å². The van der Waals surface area contributed by atoms with Crippen LogP contribution >= 0.6 is 0 Å². The van der Waals surface area contributed by atoms with Crippen molar-refractivity contribution in [1.82, 2.24) is 10.2 Å². The van der Waals surface area contributed by atoms with Crippen LogP contribution < -0.4 is 4.90 Å². The standard InChI is InChI=1S/C15H17N3O2/c1-2-15(14(19)20)7-8-18(10-15)13-12-6-4-3-5-11(12)9-16-17-13/h3-6,9H,2,7-8,10H2,1H3,(H,19,20). The first-order valence-electron chi connectivity index (χ1n) is 6.85. The van der Waals surface area contributed by atoms with Crippen LogP contribution in [0.2, 0.25) is 0 Å². The van der Waals surface area contributed by atoms with Crippen molar-refractivity contribution in [3.05, 3.63) is 30.5 Å². The maximum atomic E-state index is 11.5. The smallest absolute Gasteiger partial charge is 0.311 e. The van der Waals surface area contributed by atoms with E-state index in [2.05, 4.69) is 10.2 Å². The van der Waals surface area contributed by atoms with Crippen molar-refractivity contribution in [2.75, 3.05) is 18.0 Å². The maximum Gasteiger partial charge on any atom is 0.311 e. The van der Waals surface area contributed by atoms with E-state index in [-0.39, 0.29) is 0 Å². The summed E-state index contributed by atoms with van der Waals surface area (Å²) in [6.45, 7) is 3.15. The van der Waals surface area contributed by atoms with Gasteiger partial charge in [0.15, 0.2) is 5.82 Å². The van der Waals surface area contributed by atoms with Crippen LogP contribution in [0.15, 0.2) is 30.5 Å². The minimum absolute atomic E-state index is 0.502. The van der Waals surface area contributed by atoms with Crippen LogP contribution in [0, 0.1) is 5.41 Å². The summed E-state index contributed by atoms with van der Waals surface area (Å²) in [4.78, 5) is 13.6. The zero-order valence-corrected chi connectivity index (χ0v) is 11.4. The van der Waals surface area contributed by atoms with E-state index in [9.17, 15) is 9.90 Å². The highest BCUT2D eigenvalue weighted by Gasteiger charge is 2.44. The van der Waals surface area contributed by atoms with Crippen LogP contribution in [0.3, 0.4) is 0 Å². The molecule has 5 heteroatoms. The number of carboxylic acids is 1. The SMILES string of the molecule is CCC1(C(=O)O)CCN(c2nncc3ccccc23)C1. The lowest BCUT2D eigenvalue weighted by molar-refractivity contribution is -0.147. The summed E-state index contributed by atoms with van der Waals surface area (Å²) in [5.41, 5.74) is -0.654. The third-order valence-corrected chi connectivity index (χ3v) is 4.33. The van der Waals surface area contributed by atoms with Crippen LogP contribution in [-0.2, 0) is 4.79 Å². The number of carbonyl (C=O) groups is 1. The number of carboxylic acid groups (broad SMARTS) is 1. The van der Waals surface area contributed by atoms with Gasteiger partial charge in [-0.15, -0.1) is 5.10 Å². The van der Waals surface area contributed by atoms with E-state index in [1.54, 1.807) is 6.20 Å². The predicted octanol–water partition coefficient (Wildman–Crippen LogP) is 2.32.